The molecule has 2 aromatic carbocycles. The van der Waals surface area contributed by atoms with Crippen molar-refractivity contribution < 1.29 is 9.18 Å². The molecular formula is C19H18BrFN4OS. The number of aromatic nitrogens is 3. The van der Waals surface area contributed by atoms with Crippen molar-refractivity contribution in [1.82, 2.24) is 20.1 Å². The van der Waals surface area contributed by atoms with E-state index in [9.17, 15) is 9.18 Å². The highest BCUT2D eigenvalue weighted by Crippen LogP contribution is 2.23. The molecule has 3 rings (SSSR count). The van der Waals surface area contributed by atoms with Gasteiger partial charge in [-0.25, -0.2) is 9.37 Å². The lowest BCUT2D eigenvalue weighted by Gasteiger charge is -2.25. The maximum absolute atomic E-state index is 13.1. The number of amides is 1. The maximum Gasteiger partial charge on any atom is 0.233 e. The number of thioether (sulfide) groups is 1. The van der Waals surface area contributed by atoms with Gasteiger partial charge in [0.05, 0.1) is 11.8 Å². The number of carbonyl (C=O) groups excluding carboxylic acids is 1. The number of rotatable bonds is 6. The predicted molar refractivity (Wildman–Crippen MR) is 108 cm³/mol. The van der Waals surface area contributed by atoms with Gasteiger partial charge in [0.25, 0.3) is 0 Å². The second-order valence-electron chi connectivity index (χ2n) is 5.99. The summed E-state index contributed by atoms with van der Waals surface area (Å²) >= 11 is 4.68. The Morgan fingerprint density at radius 1 is 1.22 bits per heavy atom. The summed E-state index contributed by atoms with van der Waals surface area (Å²) in [5.74, 6) is 0.540. The van der Waals surface area contributed by atoms with Crippen molar-refractivity contribution in [2.75, 3.05) is 12.8 Å². The third kappa shape index (κ3) is 4.95. The van der Waals surface area contributed by atoms with Crippen LogP contribution in [0.1, 0.15) is 18.5 Å². The summed E-state index contributed by atoms with van der Waals surface area (Å²) < 4.78 is 14.0. The molecule has 5 nitrogen and oxygen atoms in total. The number of hydrogen-bond acceptors (Lipinski definition) is 4. The molecule has 0 fully saturated rings. The van der Waals surface area contributed by atoms with Gasteiger partial charge in [0, 0.05) is 17.1 Å². The fourth-order valence-electron chi connectivity index (χ4n) is 2.46. The van der Waals surface area contributed by atoms with Crippen molar-refractivity contribution in [3.05, 3.63) is 64.4 Å². The highest BCUT2D eigenvalue weighted by Gasteiger charge is 2.18. The van der Waals surface area contributed by atoms with Crippen LogP contribution in [-0.2, 0) is 4.79 Å². The first kappa shape index (κ1) is 19.6. The highest BCUT2D eigenvalue weighted by atomic mass is 79.9. The largest absolute Gasteiger partial charge is 0.338 e. The third-order valence-electron chi connectivity index (χ3n) is 4.23. The van der Waals surface area contributed by atoms with Crippen LogP contribution in [0.4, 0.5) is 4.39 Å². The van der Waals surface area contributed by atoms with Crippen molar-refractivity contribution in [2.45, 2.75) is 18.1 Å². The van der Waals surface area contributed by atoms with E-state index in [-0.39, 0.29) is 23.5 Å². The van der Waals surface area contributed by atoms with Crippen molar-refractivity contribution in [3.63, 3.8) is 0 Å². The summed E-state index contributed by atoms with van der Waals surface area (Å²) in [5.41, 5.74) is 1.80. The summed E-state index contributed by atoms with van der Waals surface area (Å²) in [6.07, 6.45) is 0. The van der Waals surface area contributed by atoms with Crippen LogP contribution in [0, 0.1) is 5.82 Å². The van der Waals surface area contributed by atoms with E-state index in [2.05, 4.69) is 31.1 Å². The zero-order valence-electron chi connectivity index (χ0n) is 14.8. The molecule has 1 atom stereocenters. The quantitative estimate of drug-likeness (QED) is 0.555. The molecule has 1 unspecified atom stereocenters. The van der Waals surface area contributed by atoms with E-state index in [1.54, 1.807) is 24.1 Å². The Hall–Kier alpha value is -2.19. The van der Waals surface area contributed by atoms with E-state index in [1.165, 1.54) is 23.9 Å². The number of halogens is 2. The molecule has 0 saturated carbocycles. The second-order valence-corrected chi connectivity index (χ2v) is 7.85. The zero-order chi connectivity index (χ0) is 19.4. The minimum absolute atomic E-state index is 0.0492. The second kappa shape index (κ2) is 8.67. The minimum Gasteiger partial charge on any atom is -0.338 e. The monoisotopic (exact) mass is 448 g/mol. The average molecular weight is 449 g/mol. The summed E-state index contributed by atoms with van der Waals surface area (Å²) in [4.78, 5) is 18.5. The smallest absolute Gasteiger partial charge is 0.233 e. The van der Waals surface area contributed by atoms with E-state index in [4.69, 9.17) is 0 Å². The van der Waals surface area contributed by atoms with Gasteiger partial charge in [-0.05, 0) is 36.8 Å². The summed E-state index contributed by atoms with van der Waals surface area (Å²) in [7, 11) is 1.74. The number of nitrogens with one attached hydrogen (secondary N) is 1. The Bertz CT molecular complexity index is 914. The predicted octanol–water partition coefficient (Wildman–Crippen LogP) is 4.69. The Morgan fingerprint density at radius 2 is 1.89 bits per heavy atom. The molecule has 3 aromatic rings. The van der Waals surface area contributed by atoms with Crippen molar-refractivity contribution in [3.8, 4) is 11.4 Å². The minimum atomic E-state index is -0.290. The van der Waals surface area contributed by atoms with Gasteiger partial charge in [0.1, 0.15) is 5.82 Å². The molecule has 1 heterocycles. The van der Waals surface area contributed by atoms with Crippen molar-refractivity contribution in [1.29, 1.82) is 0 Å². The number of nitrogens with zero attached hydrogens (tertiary/aromatic N) is 3. The lowest BCUT2D eigenvalue weighted by atomic mass is 10.1. The molecule has 0 aliphatic heterocycles. The third-order valence-corrected chi connectivity index (χ3v) is 5.59. The van der Waals surface area contributed by atoms with Crippen LogP contribution < -0.4 is 0 Å². The summed E-state index contributed by atoms with van der Waals surface area (Å²) in [6, 6.07) is 13.8. The van der Waals surface area contributed by atoms with Crippen molar-refractivity contribution in [2.24, 2.45) is 0 Å². The molecule has 0 saturated heterocycles. The number of aromatic amines is 1. The van der Waals surface area contributed by atoms with Gasteiger partial charge in [0.15, 0.2) is 5.82 Å². The van der Waals surface area contributed by atoms with Gasteiger partial charge in [-0.3, -0.25) is 9.89 Å². The van der Waals surface area contributed by atoms with Crippen LogP contribution in [-0.4, -0.2) is 38.8 Å². The number of benzene rings is 2. The molecule has 0 bridgehead atoms. The average Bonchev–Trinajstić information content (AvgIpc) is 3.15. The lowest BCUT2D eigenvalue weighted by Crippen LogP contribution is -2.31. The number of H-pyrrole nitrogens is 1. The fraction of sp³-hybridized carbons (Fsp3) is 0.211. The first-order valence-electron chi connectivity index (χ1n) is 8.26. The van der Waals surface area contributed by atoms with Gasteiger partial charge < -0.3 is 4.90 Å². The van der Waals surface area contributed by atoms with E-state index in [0.717, 1.165) is 15.6 Å². The molecule has 8 heteroatoms. The Morgan fingerprint density at radius 3 is 2.56 bits per heavy atom. The van der Waals surface area contributed by atoms with Gasteiger partial charge in [-0.15, -0.1) is 5.10 Å². The van der Waals surface area contributed by atoms with Gasteiger partial charge >= 0.3 is 0 Å². The Kier molecular flexibility index (Phi) is 6.28. The van der Waals surface area contributed by atoms with Crippen LogP contribution in [0.5, 0.6) is 0 Å². The standard InChI is InChI=1S/C19H18BrFN4OS/c1-12(13-5-9-16(21)10-6-13)25(2)17(26)11-27-19-22-18(23-24-19)14-3-7-15(20)8-4-14/h3-10,12H,11H2,1-2H3,(H,22,23,24). The van der Waals surface area contributed by atoms with Gasteiger partial charge in [0.2, 0.25) is 11.1 Å². The Labute approximate surface area is 169 Å². The number of carbonyl (C=O) groups is 1. The normalized spacial score (nSPS) is 12.0. The van der Waals surface area contributed by atoms with Crippen LogP contribution >= 0.6 is 27.7 Å². The van der Waals surface area contributed by atoms with Crippen molar-refractivity contribution >= 4 is 33.6 Å². The summed E-state index contributed by atoms with van der Waals surface area (Å²) in [5, 5.41) is 7.57. The molecule has 1 aromatic heterocycles. The molecular weight excluding hydrogens is 431 g/mol. The Balaban J connectivity index is 1.58. The van der Waals surface area contributed by atoms with Gasteiger partial charge in [-0.2, -0.15) is 0 Å². The van der Waals surface area contributed by atoms with E-state index >= 15 is 0 Å². The zero-order valence-corrected chi connectivity index (χ0v) is 17.2. The highest BCUT2D eigenvalue weighted by molar-refractivity contribution is 9.10. The maximum atomic E-state index is 13.1. The van der Waals surface area contributed by atoms with E-state index in [0.29, 0.717) is 11.0 Å². The molecule has 0 spiro atoms. The molecule has 0 radical (unpaired) electrons. The lowest BCUT2D eigenvalue weighted by molar-refractivity contribution is -0.128. The molecule has 1 N–H and O–H groups in total. The molecule has 1 amide bonds. The molecule has 0 aliphatic rings. The van der Waals surface area contributed by atoms with Crippen LogP contribution in [0.25, 0.3) is 11.4 Å². The number of hydrogen-bond donors (Lipinski definition) is 1. The van der Waals surface area contributed by atoms with Crippen LogP contribution in [0.2, 0.25) is 0 Å². The SMILES string of the molecule is CC(c1ccc(F)cc1)N(C)C(=O)CSc1n[nH]c(-c2ccc(Br)cc2)n1. The van der Waals surface area contributed by atoms with E-state index < -0.39 is 0 Å². The first-order chi connectivity index (χ1) is 12.9. The fourth-order valence-corrected chi connectivity index (χ4v) is 3.44. The van der Waals surface area contributed by atoms with Crippen LogP contribution in [0.3, 0.4) is 0 Å². The molecule has 27 heavy (non-hydrogen) atoms. The van der Waals surface area contributed by atoms with Gasteiger partial charge in [-0.1, -0.05) is 52.0 Å². The first-order valence-corrected chi connectivity index (χ1v) is 10.0. The molecule has 0 aliphatic carbocycles. The molecule has 140 valence electrons. The summed E-state index contributed by atoms with van der Waals surface area (Å²) in [6.45, 7) is 1.91. The van der Waals surface area contributed by atoms with E-state index in [1.807, 2.05) is 31.2 Å². The topological polar surface area (TPSA) is 61.9 Å². The van der Waals surface area contributed by atoms with Crippen LogP contribution in [0.15, 0.2) is 58.2 Å².